The number of hydrogen-bond acceptors (Lipinski definition) is 8. The van der Waals surface area contributed by atoms with E-state index in [4.69, 9.17) is 9.47 Å². The molecule has 1 aliphatic rings. The second-order valence-electron chi connectivity index (χ2n) is 6.80. The van der Waals surface area contributed by atoms with Gasteiger partial charge in [0.05, 0.1) is 32.0 Å². The topological polar surface area (TPSA) is 97.1 Å². The molecule has 3 rings (SSSR count). The average Bonchev–Trinajstić information content (AvgIpc) is 2.87. The largest absolute Gasteiger partial charge is 0.480 e. The first-order chi connectivity index (χ1) is 12.7. The van der Waals surface area contributed by atoms with Crippen LogP contribution in [0.4, 0.5) is 14.5 Å². The highest BCUT2D eigenvalue weighted by atomic mass is 19.3. The fourth-order valence-corrected chi connectivity index (χ4v) is 2.89. The van der Waals surface area contributed by atoms with Crippen LogP contribution in [0.15, 0.2) is 12.3 Å². The van der Waals surface area contributed by atoms with Crippen LogP contribution in [0.3, 0.4) is 0 Å². The van der Waals surface area contributed by atoms with Crippen molar-refractivity contribution in [3.05, 3.63) is 18.0 Å². The highest BCUT2D eigenvalue weighted by Gasteiger charge is 2.54. The number of halogens is 2. The van der Waals surface area contributed by atoms with Crippen molar-refractivity contribution in [1.29, 1.82) is 5.26 Å². The normalized spacial score (nSPS) is 17.4. The first kappa shape index (κ1) is 18.7. The van der Waals surface area contributed by atoms with Crippen LogP contribution in [0.25, 0.3) is 11.3 Å². The Balaban J connectivity index is 2.07. The summed E-state index contributed by atoms with van der Waals surface area (Å²) in [4.78, 5) is 9.55. The van der Waals surface area contributed by atoms with Crippen LogP contribution in [-0.4, -0.2) is 53.4 Å². The molecule has 0 N–H and O–H groups in total. The van der Waals surface area contributed by atoms with Gasteiger partial charge in [-0.1, -0.05) is 13.8 Å². The monoisotopic (exact) mass is 376 g/mol. The highest BCUT2D eigenvalue weighted by Crippen LogP contribution is 2.45. The molecule has 10 heteroatoms. The second-order valence-corrected chi connectivity index (χ2v) is 6.80. The lowest BCUT2D eigenvalue weighted by Crippen LogP contribution is -2.34. The van der Waals surface area contributed by atoms with Crippen molar-refractivity contribution in [3.8, 4) is 29.2 Å². The Morgan fingerprint density at radius 1 is 1.19 bits per heavy atom. The Kier molecular flexibility index (Phi) is 4.55. The molecule has 0 unspecified atom stereocenters. The minimum Gasteiger partial charge on any atom is -0.480 e. The smallest absolute Gasteiger partial charge is 0.319 e. The summed E-state index contributed by atoms with van der Waals surface area (Å²) in [5.74, 6) is -2.71. The molecule has 2 aromatic heterocycles. The molecule has 0 amide bonds. The molecule has 3 heterocycles. The summed E-state index contributed by atoms with van der Waals surface area (Å²) < 4.78 is 38.8. The molecule has 1 fully saturated rings. The van der Waals surface area contributed by atoms with Gasteiger partial charge in [0.15, 0.2) is 5.69 Å². The van der Waals surface area contributed by atoms with Gasteiger partial charge < -0.3 is 14.4 Å². The molecule has 8 nitrogen and oxygen atoms in total. The maximum atomic E-state index is 14.3. The van der Waals surface area contributed by atoms with E-state index in [1.54, 1.807) is 0 Å². The number of alkyl halides is 2. The van der Waals surface area contributed by atoms with E-state index in [9.17, 15) is 14.0 Å². The van der Waals surface area contributed by atoms with E-state index in [0.717, 1.165) is 0 Å². The van der Waals surface area contributed by atoms with Gasteiger partial charge in [-0.25, -0.2) is 13.8 Å². The molecule has 0 spiro atoms. The number of nitrogens with zero attached hydrogens (tertiary/aromatic N) is 6. The fourth-order valence-electron chi connectivity index (χ4n) is 2.89. The van der Waals surface area contributed by atoms with Crippen LogP contribution in [0.1, 0.15) is 19.5 Å². The molecule has 1 aliphatic heterocycles. The number of methoxy groups -OCH3 is 2. The molecule has 2 aromatic rings. The number of rotatable bonds is 4. The molecule has 142 valence electrons. The number of aromatic nitrogens is 4. The van der Waals surface area contributed by atoms with E-state index in [1.807, 2.05) is 6.07 Å². The summed E-state index contributed by atoms with van der Waals surface area (Å²) >= 11 is 0. The summed E-state index contributed by atoms with van der Waals surface area (Å²) in [5, 5.41) is 17.2. The third-order valence-electron chi connectivity index (χ3n) is 4.57. The standard InChI is InChI=1S/C17H18F2N6O2/c1-16(2)8-25(9-17(16,18)19)13-5-11(23-24-12(13)6-20)10-7-21-15(27-4)22-14(10)26-3/h5,7H,8-9H2,1-4H3. The van der Waals surface area contributed by atoms with Crippen LogP contribution in [0.2, 0.25) is 0 Å². The molecular formula is C17H18F2N6O2. The van der Waals surface area contributed by atoms with Gasteiger partial charge in [0.2, 0.25) is 5.88 Å². The van der Waals surface area contributed by atoms with E-state index in [0.29, 0.717) is 11.3 Å². The molecule has 0 atom stereocenters. The van der Waals surface area contributed by atoms with Gasteiger partial charge in [-0.05, 0) is 6.07 Å². The van der Waals surface area contributed by atoms with E-state index in [1.165, 1.54) is 45.2 Å². The Bertz CT molecular complexity index is 897. The Hall–Kier alpha value is -3.09. The molecule has 0 saturated carbocycles. The third kappa shape index (κ3) is 3.20. The quantitative estimate of drug-likeness (QED) is 0.802. The lowest BCUT2D eigenvalue weighted by Gasteiger charge is -2.24. The zero-order valence-electron chi connectivity index (χ0n) is 15.3. The third-order valence-corrected chi connectivity index (χ3v) is 4.57. The lowest BCUT2D eigenvalue weighted by molar-refractivity contribution is -0.0642. The summed E-state index contributed by atoms with van der Waals surface area (Å²) in [7, 11) is 2.84. The Labute approximate surface area is 154 Å². The number of ether oxygens (including phenoxy) is 2. The molecular weight excluding hydrogens is 358 g/mol. The maximum absolute atomic E-state index is 14.3. The molecule has 0 aliphatic carbocycles. The lowest BCUT2D eigenvalue weighted by atomic mass is 9.89. The predicted octanol–water partition coefficient (Wildman–Crippen LogP) is 2.30. The second kappa shape index (κ2) is 6.57. The molecule has 27 heavy (non-hydrogen) atoms. The first-order valence-corrected chi connectivity index (χ1v) is 8.08. The van der Waals surface area contributed by atoms with Crippen molar-refractivity contribution < 1.29 is 18.3 Å². The summed E-state index contributed by atoms with van der Waals surface area (Å²) in [6.45, 7) is 2.57. The average molecular weight is 376 g/mol. The number of nitriles is 1. The summed E-state index contributed by atoms with van der Waals surface area (Å²) in [5.41, 5.74) is -0.270. The molecule has 0 aromatic carbocycles. The molecule has 0 bridgehead atoms. The zero-order valence-corrected chi connectivity index (χ0v) is 15.3. The van der Waals surface area contributed by atoms with E-state index >= 15 is 0 Å². The van der Waals surface area contributed by atoms with Gasteiger partial charge in [-0.2, -0.15) is 10.2 Å². The van der Waals surface area contributed by atoms with Gasteiger partial charge in [-0.3, -0.25) is 0 Å². The number of anilines is 1. The van der Waals surface area contributed by atoms with Gasteiger partial charge in [-0.15, -0.1) is 10.2 Å². The van der Waals surface area contributed by atoms with Crippen molar-refractivity contribution in [2.24, 2.45) is 5.41 Å². The maximum Gasteiger partial charge on any atom is 0.319 e. The van der Waals surface area contributed by atoms with E-state index in [2.05, 4.69) is 20.2 Å². The molecule has 0 radical (unpaired) electrons. The van der Waals surface area contributed by atoms with E-state index in [-0.39, 0.29) is 29.8 Å². The zero-order chi connectivity index (χ0) is 19.8. The van der Waals surface area contributed by atoms with Gasteiger partial charge in [0.25, 0.3) is 5.92 Å². The van der Waals surface area contributed by atoms with Crippen molar-refractivity contribution in [3.63, 3.8) is 0 Å². The van der Waals surface area contributed by atoms with Gasteiger partial charge in [0.1, 0.15) is 11.8 Å². The Morgan fingerprint density at radius 2 is 1.93 bits per heavy atom. The van der Waals surface area contributed by atoms with Crippen LogP contribution < -0.4 is 14.4 Å². The minimum atomic E-state index is -2.90. The van der Waals surface area contributed by atoms with E-state index < -0.39 is 17.9 Å². The SMILES string of the molecule is COc1ncc(-c2cc(N3CC(C)(C)C(F)(F)C3)c(C#N)nn2)c(OC)n1. The first-order valence-electron chi connectivity index (χ1n) is 8.08. The van der Waals surface area contributed by atoms with Crippen molar-refractivity contribution in [2.75, 3.05) is 32.2 Å². The molecule has 1 saturated heterocycles. The predicted molar refractivity (Wildman–Crippen MR) is 91.8 cm³/mol. The minimum absolute atomic E-state index is 0.0272. The van der Waals surface area contributed by atoms with Gasteiger partial charge in [0, 0.05) is 18.2 Å². The summed E-state index contributed by atoms with van der Waals surface area (Å²) in [6, 6.07) is 3.54. The van der Waals surface area contributed by atoms with Gasteiger partial charge >= 0.3 is 6.01 Å². The van der Waals surface area contributed by atoms with Crippen LogP contribution >= 0.6 is 0 Å². The number of hydrogen-bond donors (Lipinski definition) is 0. The van der Waals surface area contributed by atoms with Crippen LogP contribution in [0.5, 0.6) is 11.9 Å². The van der Waals surface area contributed by atoms with Crippen LogP contribution in [0, 0.1) is 16.7 Å². The van der Waals surface area contributed by atoms with Crippen molar-refractivity contribution in [2.45, 2.75) is 19.8 Å². The fraction of sp³-hybridized carbons (Fsp3) is 0.471. The Morgan fingerprint density at radius 3 is 2.48 bits per heavy atom. The van der Waals surface area contributed by atoms with Crippen molar-refractivity contribution in [1.82, 2.24) is 20.2 Å². The van der Waals surface area contributed by atoms with Crippen molar-refractivity contribution >= 4 is 5.69 Å². The highest BCUT2D eigenvalue weighted by molar-refractivity contribution is 5.70. The summed E-state index contributed by atoms with van der Waals surface area (Å²) in [6.07, 6.45) is 1.44. The van der Waals surface area contributed by atoms with Crippen LogP contribution in [-0.2, 0) is 0 Å².